The molecule has 0 spiro atoms. The molecule has 1 fully saturated rings. The number of nitrogens with zero attached hydrogens (tertiary/aromatic N) is 1. The lowest BCUT2D eigenvalue weighted by molar-refractivity contribution is -0.154. The van der Waals surface area contributed by atoms with Gasteiger partial charge in [-0.2, -0.15) is 21.6 Å². The predicted octanol–water partition coefficient (Wildman–Crippen LogP) is 5.05. The first kappa shape index (κ1) is 40.3. The topological polar surface area (TPSA) is 163 Å². The van der Waals surface area contributed by atoms with Crippen LogP contribution in [0.15, 0.2) is 72.8 Å². The average molecular weight is 764 g/mol. The Labute approximate surface area is 301 Å². The SMILES string of the molecule is CC(=O)OCC(O)(C#Cc1ccc([C@@H]2[C@@H](CCC(OC(C)=O)c3ccc(F)cc3)C(=O)N2c2ccc(OS(=O)(=O)C(F)(F)F)cc2)cc1)COC(C)=O. The van der Waals surface area contributed by atoms with E-state index in [1.807, 2.05) is 0 Å². The van der Waals surface area contributed by atoms with Gasteiger partial charge in [-0.15, -0.1) is 0 Å². The second kappa shape index (κ2) is 16.5. The predicted molar refractivity (Wildman–Crippen MR) is 177 cm³/mol. The van der Waals surface area contributed by atoms with Crippen LogP contribution in [0.1, 0.15) is 62.4 Å². The summed E-state index contributed by atoms with van der Waals surface area (Å²) in [5.74, 6) is 1.02. The number of benzene rings is 3. The van der Waals surface area contributed by atoms with E-state index in [1.165, 1.54) is 48.2 Å². The summed E-state index contributed by atoms with van der Waals surface area (Å²) in [6, 6.07) is 15.4. The third-order valence-corrected chi connectivity index (χ3v) is 8.81. The number of hydrogen-bond acceptors (Lipinski definition) is 11. The van der Waals surface area contributed by atoms with Gasteiger partial charge in [0.15, 0.2) is 5.60 Å². The number of β-lactam (4-membered cyclic amide) rings is 1. The molecular weight excluding hydrogens is 730 g/mol. The van der Waals surface area contributed by atoms with Crippen molar-refractivity contribution in [2.45, 2.75) is 56.9 Å². The summed E-state index contributed by atoms with van der Waals surface area (Å²) in [6.07, 6.45) is -0.500. The summed E-state index contributed by atoms with van der Waals surface area (Å²) < 4.78 is 94.5. The fourth-order valence-corrected chi connectivity index (χ4v) is 5.80. The molecule has 0 aromatic heterocycles. The zero-order chi connectivity index (χ0) is 39.1. The van der Waals surface area contributed by atoms with E-state index in [9.17, 15) is 50.3 Å². The van der Waals surface area contributed by atoms with E-state index in [1.54, 1.807) is 24.3 Å². The lowest BCUT2D eigenvalue weighted by Crippen LogP contribution is -2.55. The van der Waals surface area contributed by atoms with Crippen molar-refractivity contribution in [3.8, 4) is 17.6 Å². The minimum Gasteiger partial charge on any atom is -0.462 e. The highest BCUT2D eigenvalue weighted by molar-refractivity contribution is 7.88. The van der Waals surface area contributed by atoms with Crippen LogP contribution in [0.2, 0.25) is 0 Å². The van der Waals surface area contributed by atoms with Crippen molar-refractivity contribution in [3.63, 3.8) is 0 Å². The molecule has 3 atom stereocenters. The molecule has 4 rings (SSSR count). The van der Waals surface area contributed by atoms with Crippen LogP contribution in [0.4, 0.5) is 23.2 Å². The minimum atomic E-state index is -5.94. The summed E-state index contributed by atoms with van der Waals surface area (Å²) in [5.41, 5.74) is -6.05. The van der Waals surface area contributed by atoms with Gasteiger partial charge >= 0.3 is 33.5 Å². The van der Waals surface area contributed by atoms with Gasteiger partial charge in [-0.05, 0) is 72.5 Å². The summed E-state index contributed by atoms with van der Waals surface area (Å²) in [5, 5.41) is 10.8. The second-order valence-corrected chi connectivity index (χ2v) is 13.5. The maximum atomic E-state index is 13.7. The van der Waals surface area contributed by atoms with Crippen LogP contribution in [-0.4, -0.2) is 61.7 Å². The minimum absolute atomic E-state index is 0.154. The Morgan fingerprint density at radius 3 is 1.94 bits per heavy atom. The lowest BCUT2D eigenvalue weighted by Gasteiger charge is -2.48. The highest BCUT2D eigenvalue weighted by Gasteiger charge is 2.50. The van der Waals surface area contributed by atoms with Gasteiger partial charge in [0.2, 0.25) is 5.91 Å². The van der Waals surface area contributed by atoms with E-state index in [0.29, 0.717) is 16.7 Å². The van der Waals surface area contributed by atoms with E-state index >= 15 is 0 Å². The summed E-state index contributed by atoms with van der Waals surface area (Å²) in [6.45, 7) is 2.29. The first-order chi connectivity index (χ1) is 24.8. The molecule has 1 aliphatic heterocycles. The Balaban J connectivity index is 1.64. The first-order valence-electron chi connectivity index (χ1n) is 15.8. The number of carbonyl (C=O) groups excluding carboxylic acids is 4. The fourth-order valence-electron chi connectivity index (χ4n) is 5.35. The molecule has 1 unspecified atom stereocenters. The van der Waals surface area contributed by atoms with E-state index in [-0.39, 0.29) is 18.5 Å². The molecule has 53 heavy (non-hydrogen) atoms. The van der Waals surface area contributed by atoms with Gasteiger partial charge in [0.25, 0.3) is 0 Å². The molecule has 0 radical (unpaired) electrons. The number of aliphatic hydroxyl groups is 1. The van der Waals surface area contributed by atoms with Crippen molar-refractivity contribution in [1.29, 1.82) is 0 Å². The van der Waals surface area contributed by atoms with Crippen molar-refractivity contribution >= 4 is 39.6 Å². The van der Waals surface area contributed by atoms with Gasteiger partial charge in [0, 0.05) is 32.0 Å². The van der Waals surface area contributed by atoms with Crippen molar-refractivity contribution in [2.75, 3.05) is 18.1 Å². The molecule has 0 saturated carbocycles. The standard InChI is InChI=1S/C36H33F4NO11S/c1-22(42)49-20-35(46,21-50-23(2)43)19-18-25-4-6-27(7-5-25)33-31(16-17-32(51-24(3)44)26-8-10-28(37)11-9-26)34(45)41(33)29-12-14-30(15-13-29)52-53(47,48)36(38,39)40/h4-15,31-33,46H,16-17,20-21H2,1-3H3/t31-,32?,33-/m1/s1. The average Bonchev–Trinajstić information content (AvgIpc) is 3.08. The smallest absolute Gasteiger partial charge is 0.462 e. The zero-order valence-electron chi connectivity index (χ0n) is 28.4. The van der Waals surface area contributed by atoms with E-state index in [4.69, 9.17) is 14.2 Å². The van der Waals surface area contributed by atoms with E-state index < -0.39 is 87.9 Å². The van der Waals surface area contributed by atoms with Gasteiger partial charge < -0.3 is 28.4 Å². The zero-order valence-corrected chi connectivity index (χ0v) is 29.2. The molecule has 1 aliphatic rings. The molecule has 0 bridgehead atoms. The molecular formula is C36H33F4NO11S. The third kappa shape index (κ3) is 10.5. The number of esters is 3. The first-order valence-corrected chi connectivity index (χ1v) is 17.2. The number of halogens is 4. The van der Waals surface area contributed by atoms with E-state index in [2.05, 4.69) is 16.0 Å². The Morgan fingerprint density at radius 2 is 1.43 bits per heavy atom. The quantitative estimate of drug-likeness (QED) is 0.0472. The molecule has 0 aliphatic carbocycles. The van der Waals surface area contributed by atoms with Crippen LogP contribution < -0.4 is 9.08 Å². The lowest BCUT2D eigenvalue weighted by atomic mass is 9.78. The highest BCUT2D eigenvalue weighted by atomic mass is 32.2. The number of anilines is 1. The Kier molecular flexibility index (Phi) is 12.5. The van der Waals surface area contributed by atoms with E-state index in [0.717, 1.165) is 26.0 Å². The van der Waals surface area contributed by atoms with Crippen molar-refractivity contribution in [1.82, 2.24) is 0 Å². The monoisotopic (exact) mass is 763 g/mol. The van der Waals surface area contributed by atoms with Crippen molar-refractivity contribution in [3.05, 3.63) is 95.3 Å². The van der Waals surface area contributed by atoms with Crippen LogP contribution in [0, 0.1) is 23.6 Å². The van der Waals surface area contributed by atoms with Crippen LogP contribution in [0.5, 0.6) is 5.75 Å². The molecule has 17 heteroatoms. The largest absolute Gasteiger partial charge is 0.534 e. The molecule has 12 nitrogen and oxygen atoms in total. The van der Waals surface area contributed by atoms with Crippen molar-refractivity contribution in [2.24, 2.45) is 5.92 Å². The Bertz CT molecular complexity index is 1970. The Hall–Kier alpha value is -5.47. The number of hydrogen-bond donors (Lipinski definition) is 1. The van der Waals surface area contributed by atoms with Gasteiger partial charge in [-0.25, -0.2) is 4.39 Å². The summed E-state index contributed by atoms with van der Waals surface area (Å²) in [4.78, 5) is 49.6. The molecule has 282 valence electrons. The third-order valence-electron chi connectivity index (χ3n) is 7.83. The number of rotatable bonds is 13. The number of alkyl halides is 3. The molecule has 1 heterocycles. The highest BCUT2D eigenvalue weighted by Crippen LogP contribution is 2.47. The molecule has 1 amide bonds. The van der Waals surface area contributed by atoms with Gasteiger partial charge in [-0.3, -0.25) is 19.2 Å². The van der Waals surface area contributed by atoms with Crippen LogP contribution in [-0.2, 0) is 43.5 Å². The molecule has 1 N–H and O–H groups in total. The number of amides is 1. The fraction of sp³-hybridized carbons (Fsp3) is 0.333. The normalized spacial score (nSPS) is 16.4. The van der Waals surface area contributed by atoms with Gasteiger partial charge in [0.1, 0.15) is 30.9 Å². The molecule has 3 aromatic carbocycles. The molecule has 3 aromatic rings. The maximum Gasteiger partial charge on any atom is 0.534 e. The van der Waals surface area contributed by atoms with Crippen LogP contribution in [0.25, 0.3) is 0 Å². The second-order valence-electron chi connectivity index (χ2n) is 11.9. The summed E-state index contributed by atoms with van der Waals surface area (Å²) >= 11 is 0. The Morgan fingerprint density at radius 1 is 0.868 bits per heavy atom. The van der Waals surface area contributed by atoms with Crippen LogP contribution in [0.3, 0.4) is 0 Å². The summed E-state index contributed by atoms with van der Waals surface area (Å²) in [7, 11) is -5.94. The van der Waals surface area contributed by atoms with Gasteiger partial charge in [0.05, 0.1) is 12.0 Å². The molecule has 1 saturated heterocycles. The van der Waals surface area contributed by atoms with Crippen molar-refractivity contribution < 1.29 is 68.7 Å². The van der Waals surface area contributed by atoms with Crippen LogP contribution >= 0.6 is 0 Å². The maximum absolute atomic E-state index is 13.7. The number of carbonyl (C=O) groups is 4. The van der Waals surface area contributed by atoms with Gasteiger partial charge in [-0.1, -0.05) is 36.1 Å². The number of ether oxygens (including phenoxy) is 3.